The Morgan fingerprint density at radius 2 is 1.94 bits per heavy atom. The lowest BCUT2D eigenvalue weighted by Crippen LogP contribution is -2.40. The van der Waals surface area contributed by atoms with Crippen LogP contribution in [0.15, 0.2) is 30.6 Å². The second-order valence-corrected chi connectivity index (χ2v) is 9.00. The summed E-state index contributed by atoms with van der Waals surface area (Å²) in [6.07, 6.45) is 7.59. The third-order valence-electron chi connectivity index (χ3n) is 6.83. The molecule has 0 atom stereocenters. The number of ether oxygens (including phenoxy) is 2. The van der Waals surface area contributed by atoms with Crippen LogP contribution < -0.4 is 11.1 Å². The Morgan fingerprint density at radius 3 is 2.66 bits per heavy atom. The number of nitrogens with one attached hydrogen (secondary N) is 1. The van der Waals surface area contributed by atoms with Crippen molar-refractivity contribution >= 4 is 28.6 Å². The third kappa shape index (κ3) is 4.85. The Balaban J connectivity index is 1.43. The Hall–Kier alpha value is -3.50. The molecular formula is C25H30N6O4. The van der Waals surface area contributed by atoms with Crippen molar-refractivity contribution in [2.45, 2.75) is 37.8 Å². The van der Waals surface area contributed by atoms with Gasteiger partial charge < -0.3 is 30.5 Å². The number of fused-ring (bicyclic) bond motifs is 1. The number of phenols is 1. The second kappa shape index (κ2) is 10.0. The topological polar surface area (TPSA) is 136 Å². The molecule has 2 aromatic heterocycles. The van der Waals surface area contributed by atoms with E-state index >= 15 is 0 Å². The maximum absolute atomic E-state index is 12.8. The van der Waals surface area contributed by atoms with E-state index in [9.17, 15) is 9.90 Å². The zero-order chi connectivity index (χ0) is 24.4. The molecule has 0 radical (unpaired) electrons. The molecule has 2 aliphatic rings. The molecule has 1 aliphatic heterocycles. The second-order valence-electron chi connectivity index (χ2n) is 9.00. The van der Waals surface area contributed by atoms with Gasteiger partial charge in [0, 0.05) is 44.2 Å². The lowest BCUT2D eigenvalue weighted by atomic mass is 9.93. The number of hydrogen-bond donors (Lipinski definition) is 3. The van der Waals surface area contributed by atoms with E-state index in [4.69, 9.17) is 20.2 Å². The summed E-state index contributed by atoms with van der Waals surface area (Å²) in [4.78, 5) is 28.0. The summed E-state index contributed by atoms with van der Waals surface area (Å²) < 4.78 is 10.8. The lowest BCUT2D eigenvalue weighted by molar-refractivity contribution is 0.0301. The SMILES string of the molecule is CO[C@H]1CC[C@H](Nc2ncc3c(N)ncc(-c4ccc(C(=O)N5CCOCC5)c(O)c4)c3n2)CC1. The van der Waals surface area contributed by atoms with Gasteiger partial charge in [-0.2, -0.15) is 0 Å². The monoisotopic (exact) mass is 478 g/mol. The van der Waals surface area contributed by atoms with Crippen LogP contribution in [0, 0.1) is 0 Å². The number of rotatable bonds is 5. The van der Waals surface area contributed by atoms with E-state index in [-0.39, 0.29) is 23.3 Å². The fourth-order valence-electron chi connectivity index (χ4n) is 4.76. The number of nitrogens with two attached hydrogens (primary N) is 1. The molecule has 10 heteroatoms. The molecule has 184 valence electrons. The number of carbonyl (C=O) groups is 1. The molecule has 1 aromatic carbocycles. The molecule has 35 heavy (non-hydrogen) atoms. The molecule has 1 amide bonds. The van der Waals surface area contributed by atoms with Gasteiger partial charge in [0.2, 0.25) is 5.95 Å². The minimum atomic E-state index is -0.213. The number of benzene rings is 1. The first-order chi connectivity index (χ1) is 17.0. The molecule has 3 aromatic rings. The zero-order valence-electron chi connectivity index (χ0n) is 19.7. The number of phenolic OH excluding ortho intramolecular Hbond substituents is 1. The average molecular weight is 479 g/mol. The molecule has 1 aliphatic carbocycles. The number of morpholine rings is 1. The molecule has 10 nitrogen and oxygen atoms in total. The summed E-state index contributed by atoms with van der Waals surface area (Å²) in [5.41, 5.74) is 8.38. The van der Waals surface area contributed by atoms with Crippen LogP contribution in [0.4, 0.5) is 11.8 Å². The van der Waals surface area contributed by atoms with Gasteiger partial charge >= 0.3 is 0 Å². The number of aromatic hydroxyl groups is 1. The molecule has 1 saturated heterocycles. The number of aromatic nitrogens is 3. The largest absolute Gasteiger partial charge is 0.507 e. The van der Waals surface area contributed by atoms with E-state index in [0.717, 1.165) is 25.7 Å². The quantitative estimate of drug-likeness (QED) is 0.506. The maximum atomic E-state index is 12.8. The molecule has 3 heterocycles. The number of amides is 1. The van der Waals surface area contributed by atoms with Gasteiger partial charge in [-0.1, -0.05) is 6.07 Å². The number of anilines is 2. The van der Waals surface area contributed by atoms with Gasteiger partial charge in [-0.15, -0.1) is 0 Å². The van der Waals surface area contributed by atoms with Crippen molar-refractivity contribution in [2.24, 2.45) is 0 Å². The van der Waals surface area contributed by atoms with Gasteiger partial charge in [-0.25, -0.2) is 15.0 Å². The normalized spacial score (nSPS) is 20.7. The number of nitrogens with zero attached hydrogens (tertiary/aromatic N) is 4. The number of carbonyl (C=O) groups excluding carboxylic acids is 1. The maximum Gasteiger partial charge on any atom is 0.257 e. The van der Waals surface area contributed by atoms with Crippen LogP contribution in [0.2, 0.25) is 0 Å². The summed E-state index contributed by atoms with van der Waals surface area (Å²) in [5, 5.41) is 14.8. The van der Waals surface area contributed by atoms with Gasteiger partial charge in [-0.3, -0.25) is 4.79 Å². The number of hydrogen-bond acceptors (Lipinski definition) is 9. The van der Waals surface area contributed by atoms with Crippen molar-refractivity contribution in [1.29, 1.82) is 0 Å². The average Bonchev–Trinajstić information content (AvgIpc) is 2.89. The highest BCUT2D eigenvalue weighted by atomic mass is 16.5. The van der Waals surface area contributed by atoms with Gasteiger partial charge in [0.1, 0.15) is 11.6 Å². The number of nitrogen functional groups attached to an aromatic ring is 1. The summed E-state index contributed by atoms with van der Waals surface area (Å²) in [6, 6.07) is 5.28. The fraction of sp³-hybridized carbons (Fsp3) is 0.440. The van der Waals surface area contributed by atoms with Crippen LogP contribution in [0.1, 0.15) is 36.0 Å². The predicted octanol–water partition coefficient (Wildman–Crippen LogP) is 2.82. The summed E-state index contributed by atoms with van der Waals surface area (Å²) in [5.74, 6) is 0.550. The highest BCUT2D eigenvalue weighted by molar-refractivity contribution is 6.01. The molecule has 1 saturated carbocycles. The minimum Gasteiger partial charge on any atom is -0.507 e. The molecule has 0 spiro atoms. The highest BCUT2D eigenvalue weighted by Crippen LogP contribution is 2.33. The Bertz CT molecular complexity index is 1220. The van der Waals surface area contributed by atoms with Crippen LogP contribution in [0.5, 0.6) is 5.75 Å². The smallest absolute Gasteiger partial charge is 0.257 e. The Morgan fingerprint density at radius 1 is 1.17 bits per heavy atom. The van der Waals surface area contributed by atoms with Crippen molar-refractivity contribution in [2.75, 3.05) is 44.5 Å². The highest BCUT2D eigenvalue weighted by Gasteiger charge is 2.23. The van der Waals surface area contributed by atoms with Gasteiger partial charge in [0.15, 0.2) is 0 Å². The summed E-state index contributed by atoms with van der Waals surface area (Å²) in [6.45, 7) is 2.01. The van der Waals surface area contributed by atoms with E-state index < -0.39 is 0 Å². The minimum absolute atomic E-state index is 0.0914. The fourth-order valence-corrected chi connectivity index (χ4v) is 4.76. The first kappa shape index (κ1) is 23.3. The molecule has 2 fully saturated rings. The number of methoxy groups -OCH3 is 1. The van der Waals surface area contributed by atoms with Crippen molar-refractivity contribution < 1.29 is 19.4 Å². The van der Waals surface area contributed by atoms with Crippen LogP contribution in [0.25, 0.3) is 22.0 Å². The van der Waals surface area contributed by atoms with Gasteiger partial charge in [0.05, 0.1) is 35.8 Å². The van der Waals surface area contributed by atoms with E-state index in [1.807, 2.05) is 0 Å². The van der Waals surface area contributed by atoms with E-state index in [0.29, 0.717) is 66.2 Å². The number of pyridine rings is 1. The van der Waals surface area contributed by atoms with Crippen LogP contribution in [0.3, 0.4) is 0 Å². The van der Waals surface area contributed by atoms with Gasteiger partial charge in [0.25, 0.3) is 5.91 Å². The molecule has 0 bridgehead atoms. The third-order valence-corrected chi connectivity index (χ3v) is 6.83. The summed E-state index contributed by atoms with van der Waals surface area (Å²) in [7, 11) is 1.76. The summed E-state index contributed by atoms with van der Waals surface area (Å²) >= 11 is 0. The van der Waals surface area contributed by atoms with Crippen molar-refractivity contribution in [3.8, 4) is 16.9 Å². The lowest BCUT2D eigenvalue weighted by Gasteiger charge is -2.28. The standard InChI is InChI=1S/C25H30N6O4/c1-34-17-5-3-16(4-6-17)29-25-28-14-20-22(30-25)19(13-27-23(20)26)15-2-7-18(21(32)12-15)24(33)31-8-10-35-11-9-31/h2,7,12-14,16-17,32H,3-6,8-11H2,1H3,(H2,26,27)(H,28,29,30)/t16-,17-. The van der Waals surface area contributed by atoms with E-state index in [2.05, 4.69) is 15.3 Å². The van der Waals surface area contributed by atoms with Crippen LogP contribution in [-0.4, -0.2) is 76.4 Å². The Kier molecular flexibility index (Phi) is 6.65. The first-order valence-corrected chi connectivity index (χ1v) is 11.9. The molecular weight excluding hydrogens is 448 g/mol. The van der Waals surface area contributed by atoms with Crippen molar-refractivity contribution in [3.63, 3.8) is 0 Å². The molecule has 4 N–H and O–H groups in total. The molecule has 0 unspecified atom stereocenters. The zero-order valence-corrected chi connectivity index (χ0v) is 19.7. The van der Waals surface area contributed by atoms with E-state index in [1.54, 1.807) is 42.6 Å². The Labute approximate surface area is 203 Å². The van der Waals surface area contributed by atoms with Crippen molar-refractivity contribution in [3.05, 3.63) is 36.2 Å². The predicted molar refractivity (Wildman–Crippen MR) is 132 cm³/mol. The van der Waals surface area contributed by atoms with E-state index in [1.165, 1.54) is 0 Å². The van der Waals surface area contributed by atoms with Crippen LogP contribution >= 0.6 is 0 Å². The van der Waals surface area contributed by atoms with Crippen LogP contribution in [-0.2, 0) is 9.47 Å². The van der Waals surface area contributed by atoms with Gasteiger partial charge in [-0.05, 0) is 43.4 Å². The molecule has 5 rings (SSSR count). The first-order valence-electron chi connectivity index (χ1n) is 11.9. The van der Waals surface area contributed by atoms with Crippen molar-refractivity contribution in [1.82, 2.24) is 19.9 Å².